The maximum absolute atomic E-state index is 14.1. The fourth-order valence-electron chi connectivity index (χ4n) is 3.00. The minimum absolute atomic E-state index is 0.113. The van der Waals surface area contributed by atoms with Gasteiger partial charge in [0.1, 0.15) is 10.5 Å². The summed E-state index contributed by atoms with van der Waals surface area (Å²) in [6, 6.07) is 6.06. The van der Waals surface area contributed by atoms with E-state index in [2.05, 4.69) is 5.10 Å². The number of fused-ring (bicyclic) bond motifs is 3. The Hall–Kier alpha value is -2.45. The minimum atomic E-state index is -0.506. The summed E-state index contributed by atoms with van der Waals surface area (Å²) in [6.45, 7) is 2.26. The maximum Gasteiger partial charge on any atom is 0.352 e. The number of nitrogens with zero attached hydrogens (tertiary/aromatic N) is 4. The van der Waals surface area contributed by atoms with E-state index in [4.69, 9.17) is 11.6 Å². The largest absolute Gasteiger partial charge is 0.352 e. The van der Waals surface area contributed by atoms with Gasteiger partial charge in [-0.15, -0.1) is 16.4 Å². The Morgan fingerprint density at radius 2 is 2.08 bits per heavy atom. The van der Waals surface area contributed by atoms with Crippen molar-refractivity contribution >= 4 is 38.9 Å². The van der Waals surface area contributed by atoms with Gasteiger partial charge in [0, 0.05) is 17.1 Å². The van der Waals surface area contributed by atoms with Gasteiger partial charge < -0.3 is 0 Å². The molecule has 0 aliphatic carbocycles. The lowest BCUT2D eigenvalue weighted by molar-refractivity contribution is 0.577. The number of thiophene rings is 1. The first-order chi connectivity index (χ1) is 12.5. The summed E-state index contributed by atoms with van der Waals surface area (Å²) < 4.78 is 18.6. The number of hydrogen-bond donors (Lipinski definition) is 0. The zero-order valence-electron chi connectivity index (χ0n) is 13.8. The lowest BCUT2D eigenvalue weighted by Gasteiger charge is -2.05. The first-order valence-corrected chi connectivity index (χ1v) is 9.31. The highest BCUT2D eigenvalue weighted by molar-refractivity contribution is 7.17. The molecule has 0 saturated heterocycles. The van der Waals surface area contributed by atoms with Crippen molar-refractivity contribution in [2.75, 3.05) is 0 Å². The van der Waals surface area contributed by atoms with E-state index in [0.29, 0.717) is 23.2 Å². The summed E-state index contributed by atoms with van der Waals surface area (Å²) in [7, 11) is 0. The lowest BCUT2D eigenvalue weighted by atomic mass is 10.2. The third-order valence-corrected chi connectivity index (χ3v) is 5.45. The molecule has 134 valence electrons. The molecule has 0 N–H and O–H groups in total. The van der Waals surface area contributed by atoms with Gasteiger partial charge in [-0.25, -0.2) is 18.3 Å². The Bertz CT molecular complexity index is 1230. The molecule has 0 amide bonds. The van der Waals surface area contributed by atoms with Crippen molar-refractivity contribution in [3.05, 3.63) is 66.9 Å². The van der Waals surface area contributed by atoms with Crippen molar-refractivity contribution in [1.29, 1.82) is 0 Å². The smallest absolute Gasteiger partial charge is 0.276 e. The van der Waals surface area contributed by atoms with E-state index in [-0.39, 0.29) is 28.5 Å². The van der Waals surface area contributed by atoms with Crippen LogP contribution < -0.4 is 11.2 Å². The average molecular weight is 393 g/mol. The van der Waals surface area contributed by atoms with Crippen LogP contribution in [-0.4, -0.2) is 18.7 Å². The van der Waals surface area contributed by atoms with E-state index in [9.17, 15) is 14.0 Å². The predicted molar refractivity (Wildman–Crippen MR) is 99.9 cm³/mol. The molecule has 0 atom stereocenters. The lowest BCUT2D eigenvalue weighted by Crippen LogP contribution is -2.26. The Balaban J connectivity index is 2.01. The number of halogens is 2. The number of aromatic nitrogens is 4. The summed E-state index contributed by atoms with van der Waals surface area (Å²) in [5, 5.41) is 6.29. The second-order valence-corrected chi connectivity index (χ2v) is 7.19. The standard InChI is InChI=1S/C17H14ClFN4O2S/c1-2-7-21-15(24)14-13(6-8-26-14)23-16(21)20-22(17(23)25)9-10-11(18)4-3-5-12(10)19/h3-6,8H,2,7,9H2,1H3. The maximum atomic E-state index is 14.1. The molecular weight excluding hydrogens is 379 g/mol. The van der Waals surface area contributed by atoms with E-state index >= 15 is 0 Å². The molecule has 0 aliphatic heterocycles. The summed E-state index contributed by atoms with van der Waals surface area (Å²) in [5.74, 6) is -0.256. The van der Waals surface area contributed by atoms with Gasteiger partial charge in [-0.3, -0.25) is 9.36 Å². The molecule has 26 heavy (non-hydrogen) atoms. The van der Waals surface area contributed by atoms with Crippen LogP contribution in [0, 0.1) is 5.82 Å². The molecular formula is C17H14ClFN4O2S. The topological polar surface area (TPSA) is 61.3 Å². The van der Waals surface area contributed by atoms with Crippen LogP contribution in [0.5, 0.6) is 0 Å². The molecule has 0 aliphatic rings. The van der Waals surface area contributed by atoms with Crippen molar-refractivity contribution in [2.45, 2.75) is 26.4 Å². The van der Waals surface area contributed by atoms with Crippen LogP contribution in [0.4, 0.5) is 4.39 Å². The zero-order valence-corrected chi connectivity index (χ0v) is 15.4. The average Bonchev–Trinajstić information content (AvgIpc) is 3.20. The Morgan fingerprint density at radius 1 is 1.27 bits per heavy atom. The monoisotopic (exact) mass is 392 g/mol. The summed E-state index contributed by atoms with van der Waals surface area (Å²) in [6.07, 6.45) is 0.715. The van der Waals surface area contributed by atoms with Crippen LogP contribution in [0.25, 0.3) is 16.0 Å². The van der Waals surface area contributed by atoms with Gasteiger partial charge in [0.25, 0.3) is 5.56 Å². The van der Waals surface area contributed by atoms with E-state index in [1.54, 1.807) is 17.5 Å². The zero-order chi connectivity index (χ0) is 18.4. The van der Waals surface area contributed by atoms with Crippen LogP contribution in [-0.2, 0) is 13.1 Å². The van der Waals surface area contributed by atoms with Crippen molar-refractivity contribution in [2.24, 2.45) is 0 Å². The number of hydrogen-bond acceptors (Lipinski definition) is 4. The minimum Gasteiger partial charge on any atom is -0.276 e. The molecule has 0 fully saturated rings. The third kappa shape index (κ3) is 2.48. The second kappa shape index (κ2) is 6.37. The fraction of sp³-hybridized carbons (Fsp3) is 0.235. The summed E-state index contributed by atoms with van der Waals surface area (Å²) in [5.41, 5.74) is 0.0851. The van der Waals surface area contributed by atoms with Crippen LogP contribution in [0.3, 0.4) is 0 Å². The Labute approximate surface area is 155 Å². The molecule has 0 radical (unpaired) electrons. The molecule has 4 aromatic rings. The first kappa shape index (κ1) is 17.0. The Kier molecular flexibility index (Phi) is 4.16. The molecule has 3 heterocycles. The van der Waals surface area contributed by atoms with Gasteiger partial charge in [-0.1, -0.05) is 24.6 Å². The van der Waals surface area contributed by atoms with Gasteiger partial charge in [0.05, 0.1) is 12.1 Å². The van der Waals surface area contributed by atoms with E-state index in [1.807, 2.05) is 6.92 Å². The van der Waals surface area contributed by atoms with Crippen molar-refractivity contribution in [3.63, 3.8) is 0 Å². The SMILES string of the molecule is CCCn1c(=O)c2sccc2n2c(=O)n(Cc3c(F)cccc3Cl)nc12. The molecule has 4 rings (SSSR count). The van der Waals surface area contributed by atoms with Gasteiger partial charge in [0.2, 0.25) is 5.78 Å². The second-order valence-electron chi connectivity index (χ2n) is 5.87. The number of aryl methyl sites for hydroxylation is 1. The molecule has 3 aromatic heterocycles. The van der Waals surface area contributed by atoms with Crippen LogP contribution in [0.15, 0.2) is 39.2 Å². The van der Waals surface area contributed by atoms with E-state index in [1.165, 1.54) is 32.4 Å². The van der Waals surface area contributed by atoms with Crippen molar-refractivity contribution < 1.29 is 4.39 Å². The van der Waals surface area contributed by atoms with Gasteiger partial charge in [-0.2, -0.15) is 0 Å². The van der Waals surface area contributed by atoms with Crippen LogP contribution in [0.1, 0.15) is 18.9 Å². The van der Waals surface area contributed by atoms with Gasteiger partial charge >= 0.3 is 5.69 Å². The molecule has 6 nitrogen and oxygen atoms in total. The summed E-state index contributed by atoms with van der Waals surface area (Å²) >= 11 is 7.36. The number of rotatable bonds is 4. The van der Waals surface area contributed by atoms with Crippen LogP contribution in [0.2, 0.25) is 5.02 Å². The van der Waals surface area contributed by atoms with Crippen molar-refractivity contribution in [1.82, 2.24) is 18.7 Å². The van der Waals surface area contributed by atoms with Gasteiger partial charge in [0.15, 0.2) is 0 Å². The highest BCUT2D eigenvalue weighted by Crippen LogP contribution is 2.20. The fourth-order valence-corrected chi connectivity index (χ4v) is 4.04. The Morgan fingerprint density at radius 3 is 2.81 bits per heavy atom. The molecule has 0 spiro atoms. The van der Waals surface area contributed by atoms with Crippen LogP contribution >= 0.6 is 22.9 Å². The molecule has 0 saturated carbocycles. The molecule has 0 unspecified atom stereocenters. The summed E-state index contributed by atoms with van der Waals surface area (Å²) in [4.78, 5) is 25.6. The highest BCUT2D eigenvalue weighted by Gasteiger charge is 2.19. The van der Waals surface area contributed by atoms with Crippen molar-refractivity contribution in [3.8, 4) is 0 Å². The molecule has 9 heteroatoms. The normalized spacial score (nSPS) is 11.7. The molecule has 1 aromatic carbocycles. The van der Waals surface area contributed by atoms with Gasteiger partial charge in [-0.05, 0) is 30.0 Å². The third-order valence-electron chi connectivity index (χ3n) is 4.21. The quantitative estimate of drug-likeness (QED) is 0.536. The predicted octanol–water partition coefficient (Wildman–Crippen LogP) is 3.12. The first-order valence-electron chi connectivity index (χ1n) is 8.05. The molecule has 0 bridgehead atoms. The number of benzene rings is 1. The van der Waals surface area contributed by atoms with E-state index < -0.39 is 11.5 Å². The highest BCUT2D eigenvalue weighted by atomic mass is 35.5. The van der Waals surface area contributed by atoms with E-state index in [0.717, 1.165) is 4.68 Å².